The SMILES string of the molecule is CCOC(=O)[C@H](CC)Oc1cccc(CBr)c1.CC[C@H](Oc1cccc(Cn2c(C)c(-c3ccc(OC)cc3)c3c(OC(F)(F)F)cccc32)c1)C(=O)O.COc1ccc(-c2c(C)[nH]c3cccc(OC(F)(F)F)c23)cc1. The number of aromatic amines is 1. The lowest BCUT2D eigenvalue weighted by Crippen LogP contribution is -2.28. The minimum atomic E-state index is -4.85. The molecule has 0 fully saturated rings. The maximum atomic E-state index is 13.3. The van der Waals surface area contributed by atoms with Crippen molar-refractivity contribution in [2.45, 2.75) is 84.3 Å². The molecule has 2 aromatic heterocycles. The fourth-order valence-corrected chi connectivity index (χ4v) is 8.81. The number of nitrogens with zero attached hydrogens (tertiary/aromatic N) is 1. The summed E-state index contributed by atoms with van der Waals surface area (Å²) in [6.45, 7) is 9.76. The summed E-state index contributed by atoms with van der Waals surface area (Å²) in [7, 11) is 3.10. The molecule has 408 valence electrons. The summed E-state index contributed by atoms with van der Waals surface area (Å²) < 4.78 is 115. The molecule has 0 aliphatic carbocycles. The van der Waals surface area contributed by atoms with E-state index in [-0.39, 0.29) is 17.5 Å². The molecule has 0 spiro atoms. The minimum absolute atomic E-state index is 0.217. The zero-order chi connectivity index (χ0) is 56.0. The maximum Gasteiger partial charge on any atom is 0.573 e. The number of benzene rings is 6. The molecule has 0 radical (unpaired) electrons. The van der Waals surface area contributed by atoms with E-state index in [1.807, 2.05) is 55.7 Å². The smallest absolute Gasteiger partial charge is 0.497 e. The second-order valence-corrected chi connectivity index (χ2v) is 17.7. The Balaban J connectivity index is 0.000000205. The Kier molecular flexibility index (Phi) is 20.0. The number of methoxy groups -OCH3 is 2. The van der Waals surface area contributed by atoms with E-state index in [0.29, 0.717) is 87.5 Å². The first-order chi connectivity index (χ1) is 36.7. The van der Waals surface area contributed by atoms with E-state index in [2.05, 4.69) is 30.4 Å². The monoisotopic (exact) mass is 1130 g/mol. The number of carbonyl (C=O) groups excluding carboxylic acids is 1. The number of hydrogen-bond acceptors (Lipinski definition) is 9. The lowest BCUT2D eigenvalue weighted by molar-refractivity contribution is -0.275. The zero-order valence-corrected chi connectivity index (χ0v) is 44.7. The van der Waals surface area contributed by atoms with Crippen LogP contribution >= 0.6 is 15.9 Å². The van der Waals surface area contributed by atoms with Crippen molar-refractivity contribution in [3.8, 4) is 56.8 Å². The number of hydrogen-bond donors (Lipinski definition) is 2. The number of aryl methyl sites for hydroxylation is 1. The first-order valence-corrected chi connectivity index (χ1v) is 25.3. The number of fused-ring (bicyclic) bond motifs is 2. The molecule has 0 unspecified atom stereocenters. The highest BCUT2D eigenvalue weighted by Gasteiger charge is 2.34. The van der Waals surface area contributed by atoms with Crippen molar-refractivity contribution < 1.29 is 74.2 Å². The van der Waals surface area contributed by atoms with Gasteiger partial charge in [-0.25, -0.2) is 9.59 Å². The number of rotatable bonds is 18. The van der Waals surface area contributed by atoms with Crippen LogP contribution in [0.3, 0.4) is 0 Å². The average Bonchev–Trinajstić information content (AvgIpc) is 3.90. The third kappa shape index (κ3) is 15.4. The first kappa shape index (κ1) is 58.5. The number of aliphatic carboxylic acids is 1. The number of carboxylic acids is 1. The third-order valence-electron chi connectivity index (χ3n) is 11.9. The van der Waals surface area contributed by atoms with E-state index in [1.54, 1.807) is 107 Å². The van der Waals surface area contributed by atoms with Gasteiger partial charge in [0, 0.05) is 45.3 Å². The van der Waals surface area contributed by atoms with Gasteiger partial charge in [0.15, 0.2) is 12.2 Å². The van der Waals surface area contributed by atoms with Crippen molar-refractivity contribution in [1.82, 2.24) is 9.55 Å². The Labute approximate surface area is 449 Å². The molecule has 6 aromatic carbocycles. The molecule has 2 atom stereocenters. The Hall–Kier alpha value is -7.80. The van der Waals surface area contributed by atoms with Crippen LogP contribution in [-0.2, 0) is 26.2 Å². The number of nitrogens with one attached hydrogen (secondary N) is 1. The number of alkyl halides is 7. The van der Waals surface area contributed by atoms with Gasteiger partial charge < -0.3 is 47.8 Å². The molecule has 77 heavy (non-hydrogen) atoms. The normalized spacial score (nSPS) is 12.1. The van der Waals surface area contributed by atoms with E-state index in [4.69, 9.17) is 23.7 Å². The van der Waals surface area contributed by atoms with Crippen LogP contribution in [0.5, 0.6) is 34.5 Å². The van der Waals surface area contributed by atoms with E-state index < -0.39 is 30.9 Å². The third-order valence-corrected chi connectivity index (χ3v) is 12.6. The maximum absolute atomic E-state index is 13.3. The van der Waals surface area contributed by atoms with Gasteiger partial charge in [-0.1, -0.05) is 90.4 Å². The van der Waals surface area contributed by atoms with E-state index in [0.717, 1.165) is 33.4 Å². The van der Waals surface area contributed by atoms with Gasteiger partial charge >= 0.3 is 24.7 Å². The van der Waals surface area contributed by atoms with Crippen LogP contribution in [0.2, 0.25) is 0 Å². The predicted octanol–water partition coefficient (Wildman–Crippen LogP) is 15.2. The van der Waals surface area contributed by atoms with Crippen molar-refractivity contribution in [3.63, 3.8) is 0 Å². The fourth-order valence-electron chi connectivity index (χ4n) is 8.46. The number of carboxylic acid groups (broad SMARTS) is 1. The molecule has 2 N–H and O–H groups in total. The number of carbonyl (C=O) groups is 2. The predicted molar refractivity (Wildman–Crippen MR) is 285 cm³/mol. The second-order valence-electron chi connectivity index (χ2n) is 17.1. The van der Waals surface area contributed by atoms with Crippen LogP contribution in [0, 0.1) is 13.8 Å². The van der Waals surface area contributed by atoms with Gasteiger partial charge in [-0.15, -0.1) is 26.3 Å². The highest BCUT2D eigenvalue weighted by Crippen LogP contribution is 2.43. The molecule has 19 heteroatoms. The fraction of sp³-hybridized carbons (Fsp3) is 0.276. The molecule has 0 saturated carbocycles. The number of aromatic nitrogens is 2. The highest BCUT2D eigenvalue weighted by atomic mass is 79.9. The molecule has 8 rings (SSSR count). The lowest BCUT2D eigenvalue weighted by Gasteiger charge is -2.16. The number of esters is 1. The first-order valence-electron chi connectivity index (χ1n) is 24.2. The summed E-state index contributed by atoms with van der Waals surface area (Å²) in [4.78, 5) is 26.1. The van der Waals surface area contributed by atoms with Gasteiger partial charge in [0.2, 0.25) is 0 Å². The molecule has 2 heterocycles. The lowest BCUT2D eigenvalue weighted by atomic mass is 10.0. The molecule has 0 aliphatic heterocycles. The number of halogens is 7. The highest BCUT2D eigenvalue weighted by molar-refractivity contribution is 9.08. The van der Waals surface area contributed by atoms with Crippen molar-refractivity contribution in [1.29, 1.82) is 0 Å². The van der Waals surface area contributed by atoms with Gasteiger partial charge in [0.25, 0.3) is 0 Å². The molecule has 0 amide bonds. The molecule has 12 nitrogen and oxygen atoms in total. The van der Waals surface area contributed by atoms with E-state index in [1.165, 1.54) is 24.3 Å². The summed E-state index contributed by atoms with van der Waals surface area (Å²) in [6.07, 6.45) is -10.2. The minimum Gasteiger partial charge on any atom is -0.497 e. The van der Waals surface area contributed by atoms with Crippen LogP contribution in [0.4, 0.5) is 26.3 Å². The van der Waals surface area contributed by atoms with Crippen molar-refractivity contribution >= 4 is 49.7 Å². The van der Waals surface area contributed by atoms with Crippen LogP contribution in [0.15, 0.2) is 133 Å². The van der Waals surface area contributed by atoms with Gasteiger partial charge in [-0.05, 0) is 129 Å². The summed E-state index contributed by atoms with van der Waals surface area (Å²) in [5.74, 6) is 0.533. The summed E-state index contributed by atoms with van der Waals surface area (Å²) in [5, 5.41) is 10.8. The van der Waals surface area contributed by atoms with Crippen molar-refractivity contribution in [2.75, 3.05) is 20.8 Å². The van der Waals surface area contributed by atoms with Gasteiger partial charge in [0.05, 0.1) is 31.7 Å². The Morgan fingerprint density at radius 3 is 1.62 bits per heavy atom. The topological polar surface area (TPSA) is 140 Å². The van der Waals surface area contributed by atoms with Crippen LogP contribution < -0.4 is 28.4 Å². The van der Waals surface area contributed by atoms with E-state index in [9.17, 15) is 41.0 Å². The largest absolute Gasteiger partial charge is 0.573 e. The van der Waals surface area contributed by atoms with Crippen LogP contribution in [0.25, 0.3) is 44.1 Å². The number of ether oxygens (including phenoxy) is 7. The van der Waals surface area contributed by atoms with Gasteiger partial charge in [-0.2, -0.15) is 0 Å². The summed E-state index contributed by atoms with van der Waals surface area (Å²) in [6, 6.07) is 38.0. The zero-order valence-electron chi connectivity index (χ0n) is 43.1. The molecular formula is C58H57BrF6N2O10. The Morgan fingerprint density at radius 2 is 1.12 bits per heavy atom. The van der Waals surface area contributed by atoms with Crippen molar-refractivity contribution in [3.05, 3.63) is 156 Å². The molecule has 0 bridgehead atoms. The Bertz CT molecular complexity index is 3250. The summed E-state index contributed by atoms with van der Waals surface area (Å²) in [5.41, 5.74) is 7.36. The van der Waals surface area contributed by atoms with E-state index >= 15 is 0 Å². The molecule has 0 saturated heterocycles. The Morgan fingerprint density at radius 1 is 0.623 bits per heavy atom. The quantitative estimate of drug-likeness (QED) is 0.0485. The van der Waals surface area contributed by atoms with Crippen LogP contribution in [0.1, 0.15) is 56.1 Å². The van der Waals surface area contributed by atoms with Gasteiger partial charge in [-0.3, -0.25) is 0 Å². The van der Waals surface area contributed by atoms with Crippen molar-refractivity contribution in [2.24, 2.45) is 0 Å². The molecular weight excluding hydrogens is 1080 g/mol. The molecule has 8 aromatic rings. The second kappa shape index (κ2) is 26.3. The van der Waals surface area contributed by atoms with Crippen LogP contribution in [-0.4, -0.2) is 72.4 Å². The number of H-pyrrole nitrogens is 1. The summed E-state index contributed by atoms with van der Waals surface area (Å²) >= 11 is 3.38. The molecule has 0 aliphatic rings. The standard InChI is InChI=1S/C28H26F3NO5.C17H14F3NO2.C13H17BrO3/c1-4-23(27(33)34)36-21-8-5-7-18(15-21)16-32-17(2)25(19-11-13-20(35-3)14-12-19)26-22(32)9-6-10-24(26)37-28(29,30)31;1-10-15(11-6-8-12(22-2)9-7-11)16-13(21-10)4-3-5-14(16)23-17(18,19)20;1-3-12(13(15)16-4-2)17-11-7-5-6-10(8-11)9-14/h5-15,23H,4,16H2,1-3H3,(H,33,34);3-9,21H,1-2H3;5-8,12H,3-4,9H2,1-2H3/t23-;;12-/m0.0/s1. The van der Waals surface area contributed by atoms with Gasteiger partial charge in [0.1, 0.15) is 34.5 Å². The average molecular weight is 1140 g/mol.